The SMILES string of the molecule is CC(=O)N(CCNC(=O)c1ccccc1Br)c1ccc(C)cc1. The van der Waals surface area contributed by atoms with Gasteiger partial charge in [-0.3, -0.25) is 9.59 Å². The van der Waals surface area contributed by atoms with Crippen LogP contribution >= 0.6 is 15.9 Å². The van der Waals surface area contributed by atoms with Gasteiger partial charge < -0.3 is 10.2 Å². The van der Waals surface area contributed by atoms with Crippen molar-refractivity contribution in [3.8, 4) is 0 Å². The van der Waals surface area contributed by atoms with Gasteiger partial charge in [-0.25, -0.2) is 0 Å². The van der Waals surface area contributed by atoms with E-state index < -0.39 is 0 Å². The van der Waals surface area contributed by atoms with Crippen LogP contribution in [0.3, 0.4) is 0 Å². The number of hydrogen-bond acceptors (Lipinski definition) is 2. The molecule has 0 saturated heterocycles. The summed E-state index contributed by atoms with van der Waals surface area (Å²) < 4.78 is 0.749. The number of amides is 2. The number of carbonyl (C=O) groups is 2. The Hall–Kier alpha value is -2.14. The van der Waals surface area contributed by atoms with Crippen molar-refractivity contribution in [3.63, 3.8) is 0 Å². The largest absolute Gasteiger partial charge is 0.350 e. The Morgan fingerprint density at radius 3 is 2.35 bits per heavy atom. The third-order valence-electron chi connectivity index (χ3n) is 3.47. The van der Waals surface area contributed by atoms with Crippen LogP contribution in [0, 0.1) is 6.92 Å². The Balaban J connectivity index is 1.97. The van der Waals surface area contributed by atoms with Crippen LogP contribution in [-0.2, 0) is 4.79 Å². The molecule has 5 heteroatoms. The number of benzene rings is 2. The highest BCUT2D eigenvalue weighted by atomic mass is 79.9. The first-order valence-electron chi connectivity index (χ1n) is 7.36. The summed E-state index contributed by atoms with van der Waals surface area (Å²) in [4.78, 5) is 25.6. The van der Waals surface area contributed by atoms with E-state index in [-0.39, 0.29) is 11.8 Å². The molecule has 2 rings (SSSR count). The molecule has 2 aromatic rings. The average molecular weight is 375 g/mol. The van der Waals surface area contributed by atoms with Gasteiger partial charge in [0.05, 0.1) is 5.56 Å². The second-order valence-corrected chi connectivity index (χ2v) is 6.10. The van der Waals surface area contributed by atoms with Gasteiger partial charge in [0.2, 0.25) is 5.91 Å². The molecule has 0 aliphatic carbocycles. The van der Waals surface area contributed by atoms with Crippen molar-refractivity contribution in [1.29, 1.82) is 0 Å². The Labute approximate surface area is 144 Å². The number of hydrogen-bond donors (Lipinski definition) is 1. The summed E-state index contributed by atoms with van der Waals surface area (Å²) >= 11 is 3.36. The molecular formula is C18H19BrN2O2. The van der Waals surface area contributed by atoms with Crippen molar-refractivity contribution < 1.29 is 9.59 Å². The molecule has 1 N–H and O–H groups in total. The van der Waals surface area contributed by atoms with E-state index in [9.17, 15) is 9.59 Å². The van der Waals surface area contributed by atoms with Crippen LogP contribution in [0.1, 0.15) is 22.8 Å². The normalized spacial score (nSPS) is 10.2. The van der Waals surface area contributed by atoms with Gasteiger partial charge in [-0.05, 0) is 47.1 Å². The molecule has 120 valence electrons. The second-order valence-electron chi connectivity index (χ2n) is 5.24. The minimum Gasteiger partial charge on any atom is -0.350 e. The number of nitrogens with one attached hydrogen (secondary N) is 1. The first-order chi connectivity index (χ1) is 11.0. The van der Waals surface area contributed by atoms with Crippen LogP contribution < -0.4 is 10.2 Å². The molecule has 0 spiro atoms. The Kier molecular flexibility index (Phi) is 5.93. The Bertz CT molecular complexity index is 698. The molecule has 0 bridgehead atoms. The highest BCUT2D eigenvalue weighted by molar-refractivity contribution is 9.10. The molecule has 0 aliphatic heterocycles. The summed E-state index contributed by atoms with van der Waals surface area (Å²) in [6.45, 7) is 4.33. The number of aryl methyl sites for hydroxylation is 1. The fourth-order valence-corrected chi connectivity index (χ4v) is 2.68. The molecule has 0 heterocycles. The molecule has 23 heavy (non-hydrogen) atoms. The summed E-state index contributed by atoms with van der Waals surface area (Å²) in [6.07, 6.45) is 0. The van der Waals surface area contributed by atoms with Gasteiger partial charge >= 0.3 is 0 Å². The summed E-state index contributed by atoms with van der Waals surface area (Å²) in [5, 5.41) is 2.84. The monoisotopic (exact) mass is 374 g/mol. The Morgan fingerprint density at radius 1 is 1.09 bits per heavy atom. The Morgan fingerprint density at radius 2 is 1.74 bits per heavy atom. The molecule has 2 amide bonds. The standard InChI is InChI=1S/C18H19BrN2O2/c1-13-7-9-15(10-8-13)21(14(2)22)12-11-20-18(23)16-5-3-4-6-17(16)19/h3-10H,11-12H2,1-2H3,(H,20,23). The third-order valence-corrected chi connectivity index (χ3v) is 4.16. The number of carbonyl (C=O) groups excluding carboxylic acids is 2. The van der Waals surface area contributed by atoms with Gasteiger partial charge in [0.15, 0.2) is 0 Å². The van der Waals surface area contributed by atoms with Crippen molar-refractivity contribution in [2.45, 2.75) is 13.8 Å². The van der Waals surface area contributed by atoms with Crippen LogP contribution in [0.5, 0.6) is 0 Å². The van der Waals surface area contributed by atoms with E-state index in [2.05, 4.69) is 21.2 Å². The van der Waals surface area contributed by atoms with E-state index in [1.54, 1.807) is 11.0 Å². The summed E-state index contributed by atoms with van der Waals surface area (Å²) in [7, 11) is 0. The molecule has 0 fully saturated rings. The van der Waals surface area contributed by atoms with E-state index in [1.165, 1.54) is 6.92 Å². The summed E-state index contributed by atoms with van der Waals surface area (Å²) in [6, 6.07) is 15.0. The third kappa shape index (κ3) is 4.66. The van der Waals surface area contributed by atoms with E-state index in [4.69, 9.17) is 0 Å². The molecule has 4 nitrogen and oxygen atoms in total. The lowest BCUT2D eigenvalue weighted by Crippen LogP contribution is -2.37. The maximum absolute atomic E-state index is 12.2. The predicted molar refractivity (Wildman–Crippen MR) is 95.7 cm³/mol. The fourth-order valence-electron chi connectivity index (χ4n) is 2.21. The molecule has 0 atom stereocenters. The highest BCUT2D eigenvalue weighted by Gasteiger charge is 2.13. The van der Waals surface area contributed by atoms with Crippen molar-refractivity contribution >= 4 is 33.4 Å². The lowest BCUT2D eigenvalue weighted by Gasteiger charge is -2.21. The molecular weight excluding hydrogens is 356 g/mol. The average Bonchev–Trinajstić information content (AvgIpc) is 2.52. The van der Waals surface area contributed by atoms with Crippen molar-refractivity contribution in [2.24, 2.45) is 0 Å². The number of halogens is 1. The zero-order valence-electron chi connectivity index (χ0n) is 13.2. The fraction of sp³-hybridized carbons (Fsp3) is 0.222. The van der Waals surface area contributed by atoms with Crippen LogP contribution in [0.25, 0.3) is 0 Å². The number of rotatable bonds is 5. The van der Waals surface area contributed by atoms with Crippen LogP contribution in [-0.4, -0.2) is 24.9 Å². The maximum atomic E-state index is 12.2. The van der Waals surface area contributed by atoms with Crippen molar-refractivity contribution in [2.75, 3.05) is 18.0 Å². The minimum atomic E-state index is -0.162. The zero-order valence-corrected chi connectivity index (χ0v) is 14.8. The van der Waals surface area contributed by atoms with Gasteiger partial charge in [-0.2, -0.15) is 0 Å². The first kappa shape index (κ1) is 17.2. The van der Waals surface area contributed by atoms with Gasteiger partial charge in [-0.1, -0.05) is 29.8 Å². The van der Waals surface area contributed by atoms with Crippen molar-refractivity contribution in [3.05, 3.63) is 64.1 Å². The van der Waals surface area contributed by atoms with E-state index >= 15 is 0 Å². The van der Waals surface area contributed by atoms with E-state index in [1.807, 2.05) is 49.4 Å². The molecule has 0 aliphatic rings. The topological polar surface area (TPSA) is 49.4 Å². The van der Waals surface area contributed by atoms with Gasteiger partial charge in [0, 0.05) is 30.2 Å². The molecule has 0 unspecified atom stereocenters. The molecule has 0 aromatic heterocycles. The van der Waals surface area contributed by atoms with Gasteiger partial charge in [0.25, 0.3) is 5.91 Å². The van der Waals surface area contributed by atoms with Crippen LogP contribution in [0.15, 0.2) is 53.0 Å². The smallest absolute Gasteiger partial charge is 0.252 e. The van der Waals surface area contributed by atoms with E-state index in [0.717, 1.165) is 15.7 Å². The molecule has 2 aromatic carbocycles. The van der Waals surface area contributed by atoms with Crippen LogP contribution in [0.4, 0.5) is 5.69 Å². The maximum Gasteiger partial charge on any atom is 0.252 e. The predicted octanol–water partition coefficient (Wildman–Crippen LogP) is 3.54. The molecule has 0 radical (unpaired) electrons. The first-order valence-corrected chi connectivity index (χ1v) is 8.16. The summed E-state index contributed by atoms with van der Waals surface area (Å²) in [5.41, 5.74) is 2.55. The lowest BCUT2D eigenvalue weighted by atomic mass is 10.2. The van der Waals surface area contributed by atoms with Gasteiger partial charge in [0.1, 0.15) is 0 Å². The van der Waals surface area contributed by atoms with Crippen LogP contribution in [0.2, 0.25) is 0 Å². The molecule has 0 saturated carbocycles. The lowest BCUT2D eigenvalue weighted by molar-refractivity contribution is -0.116. The quantitative estimate of drug-likeness (QED) is 0.869. The summed E-state index contributed by atoms with van der Waals surface area (Å²) in [5.74, 6) is -0.214. The number of anilines is 1. The van der Waals surface area contributed by atoms with E-state index in [0.29, 0.717) is 18.7 Å². The highest BCUT2D eigenvalue weighted by Crippen LogP contribution is 2.16. The second kappa shape index (κ2) is 7.92. The minimum absolute atomic E-state index is 0.0519. The number of nitrogens with zero attached hydrogens (tertiary/aromatic N) is 1. The van der Waals surface area contributed by atoms with Gasteiger partial charge in [-0.15, -0.1) is 0 Å². The van der Waals surface area contributed by atoms with Crippen molar-refractivity contribution in [1.82, 2.24) is 5.32 Å². The zero-order chi connectivity index (χ0) is 16.8.